The second-order valence-corrected chi connectivity index (χ2v) is 6.01. The van der Waals surface area contributed by atoms with Gasteiger partial charge in [-0.15, -0.1) is 24.8 Å². The molecule has 0 saturated carbocycles. The molecule has 132 valence electrons. The standard InChI is InChI=1S/C18H28N2O.2ClH/c1-3-19(4-2)14-15-20-12-10-18(16-21,11-13-20)17-8-6-5-7-9-17;;/h5-9,16H,3-4,10-15H2,1-2H3;2*1H. The van der Waals surface area contributed by atoms with E-state index in [1.54, 1.807) is 0 Å². The lowest BCUT2D eigenvalue weighted by atomic mass is 9.74. The van der Waals surface area contributed by atoms with E-state index in [-0.39, 0.29) is 30.2 Å². The fourth-order valence-electron chi connectivity index (χ4n) is 3.24. The lowest BCUT2D eigenvalue weighted by Crippen LogP contribution is -2.46. The summed E-state index contributed by atoms with van der Waals surface area (Å²) >= 11 is 0. The first-order chi connectivity index (χ1) is 10.2. The highest BCUT2D eigenvalue weighted by Gasteiger charge is 2.35. The van der Waals surface area contributed by atoms with E-state index in [1.165, 1.54) is 11.8 Å². The maximum absolute atomic E-state index is 11.7. The smallest absolute Gasteiger partial charge is 0.130 e. The van der Waals surface area contributed by atoms with E-state index >= 15 is 0 Å². The third-order valence-corrected chi connectivity index (χ3v) is 4.95. The summed E-state index contributed by atoms with van der Waals surface area (Å²) in [6.45, 7) is 11.0. The van der Waals surface area contributed by atoms with Gasteiger partial charge < -0.3 is 14.6 Å². The Morgan fingerprint density at radius 3 is 2.13 bits per heavy atom. The van der Waals surface area contributed by atoms with Crippen LogP contribution < -0.4 is 0 Å². The highest BCUT2D eigenvalue weighted by atomic mass is 35.5. The fourth-order valence-corrected chi connectivity index (χ4v) is 3.24. The number of piperidine rings is 1. The zero-order valence-corrected chi connectivity index (χ0v) is 15.9. The average Bonchev–Trinajstić information content (AvgIpc) is 2.57. The van der Waals surface area contributed by atoms with Crippen LogP contribution in [0.2, 0.25) is 0 Å². The summed E-state index contributed by atoms with van der Waals surface area (Å²) in [7, 11) is 0. The Bertz CT molecular complexity index is 430. The number of likely N-dealkylation sites (tertiary alicyclic amines) is 1. The van der Waals surface area contributed by atoms with E-state index in [0.717, 1.165) is 52.1 Å². The van der Waals surface area contributed by atoms with Gasteiger partial charge in [-0.2, -0.15) is 0 Å². The van der Waals surface area contributed by atoms with Crippen molar-refractivity contribution < 1.29 is 4.79 Å². The largest absolute Gasteiger partial charge is 0.303 e. The van der Waals surface area contributed by atoms with E-state index in [4.69, 9.17) is 0 Å². The van der Waals surface area contributed by atoms with E-state index in [9.17, 15) is 4.79 Å². The highest BCUT2D eigenvalue weighted by Crippen LogP contribution is 2.33. The minimum absolute atomic E-state index is 0. The number of rotatable bonds is 7. The Labute approximate surface area is 153 Å². The molecule has 1 aliphatic heterocycles. The zero-order chi connectivity index (χ0) is 15.1. The Hall–Kier alpha value is -0.610. The molecule has 1 heterocycles. The van der Waals surface area contributed by atoms with Crippen LogP contribution in [0.4, 0.5) is 0 Å². The minimum Gasteiger partial charge on any atom is -0.303 e. The van der Waals surface area contributed by atoms with Gasteiger partial charge in [0.15, 0.2) is 0 Å². The number of carbonyl (C=O) groups is 1. The summed E-state index contributed by atoms with van der Waals surface area (Å²) < 4.78 is 0. The molecular weight excluding hydrogens is 331 g/mol. The van der Waals surface area contributed by atoms with Crippen molar-refractivity contribution in [1.29, 1.82) is 0 Å². The zero-order valence-electron chi connectivity index (χ0n) is 14.2. The van der Waals surface area contributed by atoms with Crippen LogP contribution in [-0.2, 0) is 10.2 Å². The Morgan fingerprint density at radius 1 is 1.09 bits per heavy atom. The van der Waals surface area contributed by atoms with Crippen LogP contribution in [0.5, 0.6) is 0 Å². The third-order valence-electron chi connectivity index (χ3n) is 4.95. The van der Waals surface area contributed by atoms with Gasteiger partial charge in [0.1, 0.15) is 6.29 Å². The number of carbonyl (C=O) groups excluding carboxylic acids is 1. The maximum atomic E-state index is 11.7. The lowest BCUT2D eigenvalue weighted by molar-refractivity contribution is -0.114. The molecule has 5 heteroatoms. The predicted molar refractivity (Wildman–Crippen MR) is 102 cm³/mol. The summed E-state index contributed by atoms with van der Waals surface area (Å²) in [5.41, 5.74) is 0.927. The van der Waals surface area contributed by atoms with Gasteiger partial charge in [0, 0.05) is 13.1 Å². The first-order valence-electron chi connectivity index (χ1n) is 8.20. The van der Waals surface area contributed by atoms with Crippen LogP contribution >= 0.6 is 24.8 Å². The van der Waals surface area contributed by atoms with Gasteiger partial charge in [-0.25, -0.2) is 0 Å². The molecule has 2 rings (SSSR count). The molecule has 0 radical (unpaired) electrons. The molecule has 0 bridgehead atoms. The minimum atomic E-state index is -0.257. The summed E-state index contributed by atoms with van der Waals surface area (Å²) in [6.07, 6.45) is 3.07. The van der Waals surface area contributed by atoms with Crippen LogP contribution in [0.15, 0.2) is 30.3 Å². The molecule has 1 fully saturated rings. The molecule has 3 nitrogen and oxygen atoms in total. The van der Waals surface area contributed by atoms with Crippen molar-refractivity contribution in [2.75, 3.05) is 39.3 Å². The van der Waals surface area contributed by atoms with Crippen molar-refractivity contribution in [1.82, 2.24) is 9.80 Å². The van der Waals surface area contributed by atoms with E-state index < -0.39 is 0 Å². The molecule has 0 N–H and O–H groups in total. The molecule has 23 heavy (non-hydrogen) atoms. The summed E-state index contributed by atoms with van der Waals surface area (Å²) in [5.74, 6) is 0. The number of aldehydes is 1. The van der Waals surface area contributed by atoms with Gasteiger partial charge in [0.05, 0.1) is 5.41 Å². The Morgan fingerprint density at radius 2 is 1.65 bits per heavy atom. The quantitative estimate of drug-likeness (QED) is 0.696. The topological polar surface area (TPSA) is 23.6 Å². The number of likely N-dealkylation sites (N-methyl/N-ethyl adjacent to an activating group) is 1. The number of halogens is 2. The fraction of sp³-hybridized carbons (Fsp3) is 0.611. The van der Waals surface area contributed by atoms with Crippen LogP contribution in [0.25, 0.3) is 0 Å². The van der Waals surface area contributed by atoms with Crippen LogP contribution in [-0.4, -0.2) is 55.4 Å². The van der Waals surface area contributed by atoms with Gasteiger partial charge >= 0.3 is 0 Å². The molecule has 1 saturated heterocycles. The number of hydrogen-bond donors (Lipinski definition) is 0. The number of hydrogen-bond acceptors (Lipinski definition) is 3. The van der Waals surface area contributed by atoms with Crippen molar-refractivity contribution in [2.45, 2.75) is 32.1 Å². The maximum Gasteiger partial charge on any atom is 0.130 e. The first kappa shape index (κ1) is 22.4. The molecule has 0 atom stereocenters. The van der Waals surface area contributed by atoms with E-state index in [2.05, 4.69) is 35.8 Å². The highest BCUT2D eigenvalue weighted by molar-refractivity contribution is 5.85. The van der Waals surface area contributed by atoms with Crippen LogP contribution in [0, 0.1) is 0 Å². The average molecular weight is 361 g/mol. The van der Waals surface area contributed by atoms with Crippen molar-refractivity contribution in [3.63, 3.8) is 0 Å². The molecule has 0 spiro atoms. The second-order valence-electron chi connectivity index (χ2n) is 6.01. The van der Waals surface area contributed by atoms with Gasteiger partial charge in [0.2, 0.25) is 0 Å². The van der Waals surface area contributed by atoms with Crippen LogP contribution in [0.1, 0.15) is 32.3 Å². The summed E-state index contributed by atoms with van der Waals surface area (Å²) in [6, 6.07) is 10.3. The first-order valence-corrected chi connectivity index (χ1v) is 8.20. The van der Waals surface area contributed by atoms with Crippen LogP contribution in [0.3, 0.4) is 0 Å². The predicted octanol–water partition coefficient (Wildman–Crippen LogP) is 3.40. The van der Waals surface area contributed by atoms with Gasteiger partial charge in [0.25, 0.3) is 0 Å². The third kappa shape index (κ3) is 5.75. The second kappa shape index (κ2) is 11.0. The van der Waals surface area contributed by atoms with Crippen molar-refractivity contribution >= 4 is 31.1 Å². The van der Waals surface area contributed by atoms with Crippen molar-refractivity contribution in [2.24, 2.45) is 0 Å². The molecule has 0 unspecified atom stereocenters. The lowest BCUT2D eigenvalue weighted by Gasteiger charge is -2.39. The van der Waals surface area contributed by atoms with Gasteiger partial charge in [-0.05, 0) is 44.6 Å². The SMILES string of the molecule is CCN(CC)CCN1CCC(C=O)(c2ccccc2)CC1.Cl.Cl. The van der Waals surface area contributed by atoms with Crippen molar-refractivity contribution in [3.05, 3.63) is 35.9 Å². The Kier molecular flexibility index (Phi) is 10.7. The molecule has 0 aromatic heterocycles. The Balaban J connectivity index is 0.00000242. The summed E-state index contributed by atoms with van der Waals surface area (Å²) in [5, 5.41) is 0. The van der Waals surface area contributed by atoms with Crippen molar-refractivity contribution in [3.8, 4) is 0 Å². The van der Waals surface area contributed by atoms with E-state index in [1.807, 2.05) is 18.2 Å². The van der Waals surface area contributed by atoms with Gasteiger partial charge in [-0.3, -0.25) is 0 Å². The molecule has 1 aromatic rings. The summed E-state index contributed by atoms with van der Waals surface area (Å²) in [4.78, 5) is 16.7. The van der Waals surface area contributed by atoms with E-state index in [0.29, 0.717) is 0 Å². The molecule has 0 aliphatic carbocycles. The number of nitrogens with zero attached hydrogens (tertiary/aromatic N) is 2. The normalized spacial score (nSPS) is 17.2. The van der Waals surface area contributed by atoms with Gasteiger partial charge in [-0.1, -0.05) is 44.2 Å². The molecule has 0 amide bonds. The molecule has 1 aromatic carbocycles. The monoisotopic (exact) mass is 360 g/mol. The molecule has 1 aliphatic rings. The molecular formula is C18H30Cl2N2O. The number of benzene rings is 1.